The van der Waals surface area contributed by atoms with Crippen molar-refractivity contribution in [1.29, 1.82) is 0 Å². The molecule has 0 aliphatic carbocycles. The van der Waals surface area contributed by atoms with Gasteiger partial charge in [-0.3, -0.25) is 4.79 Å². The molecule has 1 aromatic carbocycles. The first-order chi connectivity index (χ1) is 18.3. The maximum Gasteiger partial charge on any atom is 0.404 e. The van der Waals surface area contributed by atoms with E-state index in [2.05, 4.69) is 36.4 Å². The van der Waals surface area contributed by atoms with E-state index in [9.17, 15) is 24.6 Å². The molecule has 2 aliphatic rings. The van der Waals surface area contributed by atoms with E-state index >= 15 is 4.39 Å². The zero-order chi connectivity index (χ0) is 28.4. The average molecular weight is 550 g/mol. The highest BCUT2D eigenvalue weighted by molar-refractivity contribution is 6.83. The smallest absolute Gasteiger partial charge is 0.404 e. The minimum absolute atomic E-state index is 0.00285. The average Bonchev–Trinajstić information content (AvgIpc) is 3.23. The fourth-order valence-corrected chi connectivity index (χ4v) is 5.67. The van der Waals surface area contributed by atoms with Crippen molar-refractivity contribution in [1.82, 2.24) is 14.9 Å². The first-order valence-corrected chi connectivity index (χ1v) is 16.1. The predicted molar refractivity (Wildman–Crippen MR) is 144 cm³/mol. The Balaban J connectivity index is 1.86. The molecule has 0 unspecified atom stereocenters. The van der Waals surface area contributed by atoms with Crippen LogP contribution in [0.5, 0.6) is 0 Å². The number of aromatic nitrogens is 2. The minimum Gasteiger partial charge on any atom is -0.465 e. The molecule has 0 saturated heterocycles. The van der Waals surface area contributed by atoms with Crippen molar-refractivity contribution in [2.45, 2.75) is 65.2 Å². The number of ether oxygens (including phenoxy) is 1. The number of carboxylic acid groups (broad SMARTS) is 1. The lowest BCUT2D eigenvalue weighted by molar-refractivity contribution is -0.172. The van der Waals surface area contributed by atoms with Gasteiger partial charge in [-0.25, -0.2) is 19.0 Å². The Hall–Kier alpha value is -4.01. The molecule has 9 nitrogen and oxygen atoms in total. The van der Waals surface area contributed by atoms with Gasteiger partial charge in [0.25, 0.3) is 5.56 Å². The second-order valence-corrected chi connectivity index (χ2v) is 15.7. The van der Waals surface area contributed by atoms with Crippen molar-refractivity contribution in [3.05, 3.63) is 61.7 Å². The van der Waals surface area contributed by atoms with Gasteiger partial charge in [0.2, 0.25) is 0 Å². The highest BCUT2D eigenvalue weighted by atomic mass is 28.3. The summed E-state index contributed by atoms with van der Waals surface area (Å²) in [7, 11) is -1.86. The third-order valence-corrected chi connectivity index (χ3v) is 8.14. The van der Waals surface area contributed by atoms with E-state index in [4.69, 9.17) is 9.72 Å². The Morgan fingerprint density at radius 2 is 2.00 bits per heavy atom. The number of carbonyl (C=O) groups is 2. The molecule has 0 spiro atoms. The Morgan fingerprint density at radius 3 is 2.64 bits per heavy atom. The van der Waals surface area contributed by atoms with Crippen LogP contribution in [0.4, 0.5) is 9.18 Å². The van der Waals surface area contributed by atoms with Crippen LogP contribution >= 0.6 is 0 Å². The highest BCUT2D eigenvalue weighted by Gasteiger charge is 2.45. The van der Waals surface area contributed by atoms with E-state index in [1.807, 2.05) is 0 Å². The summed E-state index contributed by atoms with van der Waals surface area (Å²) in [5, 5.41) is 23.5. The van der Waals surface area contributed by atoms with Gasteiger partial charge in [0.05, 0.1) is 29.0 Å². The molecule has 202 valence electrons. The fraction of sp³-hybridized carbons (Fsp3) is 0.357. The van der Waals surface area contributed by atoms with Gasteiger partial charge in [-0.2, -0.15) is 0 Å². The number of hydrogen-bond donors (Lipinski definition) is 3. The maximum atomic E-state index is 15.2. The molecule has 11 heteroatoms. The largest absolute Gasteiger partial charge is 0.465 e. The molecule has 2 aromatic heterocycles. The second kappa shape index (κ2) is 9.03. The first kappa shape index (κ1) is 26.6. The van der Waals surface area contributed by atoms with Crippen LogP contribution in [-0.2, 0) is 34.8 Å². The minimum atomic E-state index is -1.99. The standard InChI is InChI=1S/C28H28FN3O6Si/c1-6-28(37)19-9-22-24-17(12-32(22)25(33)18(19)13-38-26(28)34)16(11-30-27(35)36)23-15(7-8-39(3,4)5)14(2)20(29)10-21(23)31-24/h9-10,30,37H,6,11-13H2,1-5H3,(H,35,36)/t28-/m0/s1. The van der Waals surface area contributed by atoms with Crippen LogP contribution in [-0.4, -0.2) is 39.9 Å². The Labute approximate surface area is 224 Å². The Morgan fingerprint density at radius 1 is 1.28 bits per heavy atom. The van der Waals surface area contributed by atoms with Crippen molar-refractivity contribution < 1.29 is 28.9 Å². The molecule has 2 aliphatic heterocycles. The number of hydrogen-bond acceptors (Lipinski definition) is 6. The molecule has 4 heterocycles. The molecule has 1 amide bonds. The summed E-state index contributed by atoms with van der Waals surface area (Å²) in [4.78, 5) is 42.3. The number of carbonyl (C=O) groups excluding carboxylic acids is 1. The number of halogens is 1. The summed E-state index contributed by atoms with van der Waals surface area (Å²) < 4.78 is 21.8. The molecular formula is C28H28FN3O6Si. The topological polar surface area (TPSA) is 131 Å². The summed E-state index contributed by atoms with van der Waals surface area (Å²) >= 11 is 0. The van der Waals surface area contributed by atoms with Crippen molar-refractivity contribution in [2.24, 2.45) is 0 Å². The van der Waals surface area contributed by atoms with Gasteiger partial charge in [-0.1, -0.05) is 32.5 Å². The summed E-state index contributed by atoms with van der Waals surface area (Å²) in [6, 6.07) is 2.85. The summed E-state index contributed by atoms with van der Waals surface area (Å²) in [5.74, 6) is 1.82. The van der Waals surface area contributed by atoms with E-state index in [-0.39, 0.29) is 42.8 Å². The van der Waals surface area contributed by atoms with Crippen molar-refractivity contribution in [3.8, 4) is 22.9 Å². The maximum absolute atomic E-state index is 15.2. The molecule has 0 radical (unpaired) electrons. The van der Waals surface area contributed by atoms with Crippen LogP contribution in [0.15, 0.2) is 16.9 Å². The number of fused-ring (bicyclic) bond motifs is 5. The molecule has 0 fully saturated rings. The molecule has 0 saturated carbocycles. The molecule has 3 N–H and O–H groups in total. The number of benzene rings is 1. The van der Waals surface area contributed by atoms with Crippen molar-refractivity contribution >= 4 is 31.0 Å². The van der Waals surface area contributed by atoms with Gasteiger partial charge in [-0.15, -0.1) is 5.54 Å². The first-order valence-electron chi connectivity index (χ1n) is 12.6. The predicted octanol–water partition coefficient (Wildman–Crippen LogP) is 3.52. The van der Waals surface area contributed by atoms with Crippen molar-refractivity contribution in [3.63, 3.8) is 0 Å². The van der Waals surface area contributed by atoms with Gasteiger partial charge in [0.15, 0.2) is 5.60 Å². The number of aliphatic hydroxyl groups is 1. The van der Waals surface area contributed by atoms with Crippen LogP contribution in [0.25, 0.3) is 22.3 Å². The lowest BCUT2D eigenvalue weighted by Crippen LogP contribution is -2.44. The van der Waals surface area contributed by atoms with Gasteiger partial charge < -0.3 is 24.8 Å². The zero-order valence-corrected chi connectivity index (χ0v) is 23.3. The van der Waals surface area contributed by atoms with Gasteiger partial charge >= 0.3 is 12.1 Å². The van der Waals surface area contributed by atoms with Crippen LogP contribution in [0.1, 0.15) is 46.7 Å². The number of nitrogens with one attached hydrogen (secondary N) is 1. The third kappa shape index (κ3) is 4.20. The van der Waals surface area contributed by atoms with E-state index in [1.165, 1.54) is 10.6 Å². The number of amides is 1. The van der Waals surface area contributed by atoms with Crippen LogP contribution < -0.4 is 10.9 Å². The van der Waals surface area contributed by atoms with E-state index in [0.717, 1.165) is 0 Å². The Kier molecular flexibility index (Phi) is 6.16. The van der Waals surface area contributed by atoms with Crippen molar-refractivity contribution in [2.75, 3.05) is 0 Å². The number of esters is 1. The summed E-state index contributed by atoms with van der Waals surface area (Å²) in [5.41, 5.74) is 4.05. The lowest BCUT2D eigenvalue weighted by Gasteiger charge is -2.31. The molecular weight excluding hydrogens is 521 g/mol. The van der Waals surface area contributed by atoms with Crippen LogP contribution in [0.3, 0.4) is 0 Å². The van der Waals surface area contributed by atoms with E-state index in [1.54, 1.807) is 19.9 Å². The molecule has 0 bridgehead atoms. The molecule has 5 rings (SSSR count). The highest BCUT2D eigenvalue weighted by Crippen LogP contribution is 2.41. The van der Waals surface area contributed by atoms with E-state index < -0.39 is 37.1 Å². The Bertz CT molecular complexity index is 1730. The van der Waals surface area contributed by atoms with Gasteiger partial charge in [0, 0.05) is 40.3 Å². The third-order valence-electron chi connectivity index (χ3n) is 7.27. The zero-order valence-electron chi connectivity index (χ0n) is 22.3. The summed E-state index contributed by atoms with van der Waals surface area (Å²) in [6.07, 6.45) is -1.24. The van der Waals surface area contributed by atoms with E-state index in [0.29, 0.717) is 39.0 Å². The molecule has 1 atom stereocenters. The fourth-order valence-electron chi connectivity index (χ4n) is 5.17. The van der Waals surface area contributed by atoms with Crippen LogP contribution in [0, 0.1) is 24.2 Å². The van der Waals surface area contributed by atoms with Gasteiger partial charge in [-0.05, 0) is 25.0 Å². The number of rotatable bonds is 3. The number of cyclic esters (lactones) is 1. The number of pyridine rings is 2. The molecule has 3 aromatic rings. The SMILES string of the molecule is CC[C@@]1(O)C(=O)OCc2c1cc1n(c2=O)Cc2c-1nc1cc(F)c(C)c(C#C[Si](C)(C)C)c1c2CNC(=O)O. The summed E-state index contributed by atoms with van der Waals surface area (Å²) in [6.45, 7) is 9.13. The normalized spacial score (nSPS) is 17.6. The molecule has 39 heavy (non-hydrogen) atoms. The van der Waals surface area contributed by atoms with Crippen LogP contribution in [0.2, 0.25) is 19.6 Å². The number of nitrogens with zero attached hydrogens (tertiary/aromatic N) is 2. The van der Waals surface area contributed by atoms with Gasteiger partial charge in [0.1, 0.15) is 20.5 Å². The quantitative estimate of drug-likeness (QED) is 0.202. The second-order valence-electron chi connectivity index (χ2n) is 10.9. The monoisotopic (exact) mass is 549 g/mol. The lowest BCUT2D eigenvalue weighted by atomic mass is 9.86.